The zero-order valence-corrected chi connectivity index (χ0v) is 8.53. The summed E-state index contributed by atoms with van der Waals surface area (Å²) in [7, 11) is 0. The average molecular weight is 226 g/mol. The first-order valence-corrected chi connectivity index (χ1v) is 4.67. The number of alkyl halides is 1. The second kappa shape index (κ2) is 5.23. The van der Waals surface area contributed by atoms with Gasteiger partial charge in [-0.05, 0) is 6.07 Å². The molecule has 1 aromatic carbocycles. The molecule has 0 atom stereocenters. The number of para-hydroxylation sites is 1. The molecule has 0 bridgehead atoms. The van der Waals surface area contributed by atoms with Crippen molar-refractivity contribution < 1.29 is 9.66 Å². The molecule has 0 heterocycles. The summed E-state index contributed by atoms with van der Waals surface area (Å²) in [5.74, 6) is 2.68. The summed E-state index contributed by atoms with van der Waals surface area (Å²) in [6.07, 6.45) is 5.21. The molecule has 0 saturated carbocycles. The molecular formula is C10H8ClNO3. The molecule has 78 valence electrons. The van der Waals surface area contributed by atoms with E-state index < -0.39 is 4.92 Å². The van der Waals surface area contributed by atoms with Gasteiger partial charge in [-0.3, -0.25) is 10.1 Å². The Hall–Kier alpha value is -1.73. The van der Waals surface area contributed by atoms with Crippen molar-refractivity contribution in [2.75, 3.05) is 12.5 Å². The lowest BCUT2D eigenvalue weighted by atomic mass is 10.2. The highest BCUT2D eigenvalue weighted by Gasteiger charge is 2.17. The van der Waals surface area contributed by atoms with Crippen LogP contribution in [0.5, 0.6) is 5.75 Å². The number of ether oxygens (including phenoxy) is 1. The van der Waals surface area contributed by atoms with E-state index in [0.717, 1.165) is 0 Å². The van der Waals surface area contributed by atoms with Crippen molar-refractivity contribution >= 4 is 17.3 Å². The van der Waals surface area contributed by atoms with E-state index in [4.69, 9.17) is 22.8 Å². The van der Waals surface area contributed by atoms with Gasteiger partial charge in [0.05, 0.1) is 16.4 Å². The summed E-state index contributed by atoms with van der Waals surface area (Å²) in [5, 5.41) is 10.7. The minimum atomic E-state index is -0.537. The standard InChI is InChI=1S/C10H8ClNO3/c1-2-8-4-3-5-9(12(13)14)10(8)15-7-6-11/h1,3-5H,6-7H2. The van der Waals surface area contributed by atoms with Crippen LogP contribution in [0.15, 0.2) is 18.2 Å². The normalized spacial score (nSPS) is 9.33. The molecule has 0 saturated heterocycles. The first-order valence-electron chi connectivity index (χ1n) is 4.13. The van der Waals surface area contributed by atoms with Gasteiger partial charge in [-0.25, -0.2) is 0 Å². The quantitative estimate of drug-likeness (QED) is 0.342. The van der Waals surface area contributed by atoms with Gasteiger partial charge >= 0.3 is 5.69 Å². The molecule has 4 nitrogen and oxygen atoms in total. The Labute approximate surface area is 92.0 Å². The summed E-state index contributed by atoms with van der Waals surface area (Å²) in [6.45, 7) is 0.182. The molecule has 0 amide bonds. The van der Waals surface area contributed by atoms with Gasteiger partial charge in [-0.2, -0.15) is 0 Å². The zero-order chi connectivity index (χ0) is 11.3. The third-order valence-electron chi connectivity index (χ3n) is 1.67. The van der Waals surface area contributed by atoms with Crippen LogP contribution in [0.1, 0.15) is 5.56 Å². The number of rotatable bonds is 4. The SMILES string of the molecule is C#Cc1cccc([N+](=O)[O-])c1OCCCl. The van der Waals surface area contributed by atoms with E-state index >= 15 is 0 Å². The van der Waals surface area contributed by atoms with Crippen molar-refractivity contribution in [1.82, 2.24) is 0 Å². The van der Waals surface area contributed by atoms with Crippen LogP contribution < -0.4 is 4.74 Å². The number of halogens is 1. The van der Waals surface area contributed by atoms with E-state index in [1.54, 1.807) is 6.07 Å². The van der Waals surface area contributed by atoms with Crippen LogP contribution >= 0.6 is 11.6 Å². The summed E-state index contributed by atoms with van der Waals surface area (Å²) in [4.78, 5) is 10.1. The molecule has 0 aromatic heterocycles. The fourth-order valence-electron chi connectivity index (χ4n) is 1.07. The van der Waals surface area contributed by atoms with Gasteiger partial charge in [-0.15, -0.1) is 18.0 Å². The van der Waals surface area contributed by atoms with Crippen molar-refractivity contribution in [2.24, 2.45) is 0 Å². The van der Waals surface area contributed by atoms with Gasteiger partial charge in [0.15, 0.2) is 0 Å². The smallest absolute Gasteiger partial charge is 0.312 e. The molecule has 0 aliphatic carbocycles. The zero-order valence-electron chi connectivity index (χ0n) is 7.77. The van der Waals surface area contributed by atoms with Gasteiger partial charge in [0.25, 0.3) is 0 Å². The summed E-state index contributed by atoms with van der Waals surface area (Å²) >= 11 is 5.43. The van der Waals surface area contributed by atoms with E-state index in [1.165, 1.54) is 12.1 Å². The lowest BCUT2D eigenvalue weighted by Crippen LogP contribution is -2.03. The molecule has 15 heavy (non-hydrogen) atoms. The Morgan fingerprint density at radius 2 is 2.33 bits per heavy atom. The van der Waals surface area contributed by atoms with Crippen molar-refractivity contribution in [3.63, 3.8) is 0 Å². The maximum absolute atomic E-state index is 10.7. The Kier molecular flexibility index (Phi) is 3.95. The Bertz CT molecular complexity index is 412. The second-order valence-electron chi connectivity index (χ2n) is 2.59. The van der Waals surface area contributed by atoms with E-state index in [1.807, 2.05) is 0 Å². The lowest BCUT2D eigenvalue weighted by Gasteiger charge is -2.06. The number of hydrogen-bond donors (Lipinski definition) is 0. The predicted molar refractivity (Wildman–Crippen MR) is 57.2 cm³/mol. The largest absolute Gasteiger partial charge is 0.485 e. The monoisotopic (exact) mass is 225 g/mol. The summed E-state index contributed by atoms with van der Waals surface area (Å²) < 4.78 is 5.15. The van der Waals surface area contributed by atoms with Crippen molar-refractivity contribution in [3.8, 4) is 18.1 Å². The third-order valence-corrected chi connectivity index (χ3v) is 1.82. The van der Waals surface area contributed by atoms with Gasteiger partial charge < -0.3 is 4.74 Å². The molecule has 0 aliphatic rings. The van der Waals surface area contributed by atoms with Gasteiger partial charge in [0.2, 0.25) is 5.75 Å². The van der Waals surface area contributed by atoms with Crippen LogP contribution in [0.25, 0.3) is 0 Å². The maximum Gasteiger partial charge on any atom is 0.312 e. The Morgan fingerprint density at radius 3 is 2.87 bits per heavy atom. The molecular weight excluding hydrogens is 218 g/mol. The predicted octanol–water partition coefficient (Wildman–Crippen LogP) is 2.19. The molecule has 0 unspecified atom stereocenters. The van der Waals surface area contributed by atoms with Crippen LogP contribution in [0.2, 0.25) is 0 Å². The van der Waals surface area contributed by atoms with Gasteiger partial charge in [0.1, 0.15) is 6.61 Å². The van der Waals surface area contributed by atoms with Crippen LogP contribution in [-0.4, -0.2) is 17.4 Å². The topological polar surface area (TPSA) is 52.4 Å². The highest BCUT2D eigenvalue weighted by Crippen LogP contribution is 2.30. The van der Waals surface area contributed by atoms with E-state index in [0.29, 0.717) is 5.56 Å². The first-order chi connectivity index (χ1) is 7.20. The van der Waals surface area contributed by atoms with Crippen LogP contribution in [0.4, 0.5) is 5.69 Å². The summed E-state index contributed by atoms with van der Waals surface area (Å²) in [6, 6.07) is 4.43. The number of terminal acetylenes is 1. The summed E-state index contributed by atoms with van der Waals surface area (Å²) in [5.41, 5.74) is 0.213. The minimum absolute atomic E-state index is 0.102. The number of hydrogen-bond acceptors (Lipinski definition) is 3. The highest BCUT2D eigenvalue weighted by molar-refractivity contribution is 6.18. The van der Waals surface area contributed by atoms with E-state index in [2.05, 4.69) is 5.92 Å². The lowest BCUT2D eigenvalue weighted by molar-refractivity contribution is -0.385. The number of nitrogens with zero attached hydrogens (tertiary/aromatic N) is 1. The first kappa shape index (κ1) is 11.3. The van der Waals surface area contributed by atoms with Crippen LogP contribution in [0, 0.1) is 22.5 Å². The maximum atomic E-state index is 10.7. The number of nitro groups is 1. The molecule has 1 aromatic rings. The average Bonchev–Trinajstić information content (AvgIpc) is 2.25. The molecule has 0 fully saturated rings. The molecule has 5 heteroatoms. The third kappa shape index (κ3) is 2.61. The van der Waals surface area contributed by atoms with Gasteiger partial charge in [0, 0.05) is 6.07 Å². The molecule has 0 aliphatic heterocycles. The minimum Gasteiger partial charge on any atom is -0.485 e. The molecule has 0 spiro atoms. The van der Waals surface area contributed by atoms with Crippen molar-refractivity contribution in [3.05, 3.63) is 33.9 Å². The fourth-order valence-corrected chi connectivity index (χ4v) is 1.15. The molecule has 1 rings (SSSR count). The van der Waals surface area contributed by atoms with E-state index in [-0.39, 0.29) is 23.9 Å². The van der Waals surface area contributed by atoms with Gasteiger partial charge in [-0.1, -0.05) is 12.0 Å². The second-order valence-corrected chi connectivity index (χ2v) is 2.97. The number of nitro benzene ring substituents is 1. The van der Waals surface area contributed by atoms with Crippen LogP contribution in [-0.2, 0) is 0 Å². The number of benzene rings is 1. The highest BCUT2D eigenvalue weighted by atomic mass is 35.5. The van der Waals surface area contributed by atoms with Crippen molar-refractivity contribution in [2.45, 2.75) is 0 Å². The van der Waals surface area contributed by atoms with E-state index in [9.17, 15) is 10.1 Å². The Morgan fingerprint density at radius 1 is 1.60 bits per heavy atom. The van der Waals surface area contributed by atoms with Crippen LogP contribution in [0.3, 0.4) is 0 Å². The molecule has 0 radical (unpaired) electrons. The molecule has 0 N–H and O–H groups in total. The Balaban J connectivity index is 3.16. The fraction of sp³-hybridized carbons (Fsp3) is 0.200. The van der Waals surface area contributed by atoms with Crippen molar-refractivity contribution in [1.29, 1.82) is 0 Å².